The standard InChI is InChI=1S/C10H10BrFO3/c1-5(2)15-9-6(11)3-4-7(12)8(9)10(13)14/h3-5H,1-2H3,(H,13,14). The molecule has 1 aromatic carbocycles. The highest BCUT2D eigenvalue weighted by Gasteiger charge is 2.20. The molecule has 3 nitrogen and oxygen atoms in total. The summed E-state index contributed by atoms with van der Waals surface area (Å²) in [5.74, 6) is -2.12. The molecule has 0 atom stereocenters. The minimum atomic E-state index is -1.34. The van der Waals surface area contributed by atoms with Gasteiger partial charge in [-0.15, -0.1) is 0 Å². The highest BCUT2D eigenvalue weighted by atomic mass is 79.9. The summed E-state index contributed by atoms with van der Waals surface area (Å²) < 4.78 is 18.9. The smallest absolute Gasteiger partial charge is 0.342 e. The Bertz CT molecular complexity index is 390. The van der Waals surface area contributed by atoms with Gasteiger partial charge in [-0.1, -0.05) is 0 Å². The van der Waals surface area contributed by atoms with E-state index in [-0.39, 0.29) is 11.9 Å². The van der Waals surface area contributed by atoms with Gasteiger partial charge >= 0.3 is 5.97 Å². The number of hydrogen-bond donors (Lipinski definition) is 1. The molecule has 1 N–H and O–H groups in total. The predicted octanol–water partition coefficient (Wildman–Crippen LogP) is 3.07. The van der Waals surface area contributed by atoms with Gasteiger partial charge < -0.3 is 9.84 Å². The van der Waals surface area contributed by atoms with E-state index in [1.165, 1.54) is 6.07 Å². The van der Waals surface area contributed by atoms with Gasteiger partial charge in [0.15, 0.2) is 5.75 Å². The minimum absolute atomic E-state index is 0.0255. The number of ether oxygens (including phenoxy) is 1. The van der Waals surface area contributed by atoms with Crippen LogP contribution >= 0.6 is 15.9 Å². The van der Waals surface area contributed by atoms with Crippen LogP contribution in [0.5, 0.6) is 5.75 Å². The van der Waals surface area contributed by atoms with Crippen molar-refractivity contribution in [3.05, 3.63) is 28.0 Å². The number of aromatic carboxylic acids is 1. The topological polar surface area (TPSA) is 46.5 Å². The maximum absolute atomic E-state index is 13.2. The van der Waals surface area contributed by atoms with Gasteiger partial charge in [0, 0.05) is 0 Å². The van der Waals surface area contributed by atoms with Crippen molar-refractivity contribution in [1.82, 2.24) is 0 Å². The first kappa shape index (κ1) is 12.0. The fourth-order valence-electron chi connectivity index (χ4n) is 1.08. The molecule has 0 bridgehead atoms. The molecule has 1 aromatic rings. The van der Waals surface area contributed by atoms with E-state index < -0.39 is 17.3 Å². The number of carbonyl (C=O) groups is 1. The molecule has 0 aromatic heterocycles. The van der Waals surface area contributed by atoms with Gasteiger partial charge in [-0.2, -0.15) is 0 Å². The number of hydrogen-bond acceptors (Lipinski definition) is 2. The van der Waals surface area contributed by atoms with E-state index in [1.807, 2.05) is 0 Å². The van der Waals surface area contributed by atoms with Crippen LogP contribution in [0.3, 0.4) is 0 Å². The second-order valence-corrected chi connectivity index (χ2v) is 4.06. The Balaban J connectivity index is 3.31. The molecule has 0 amide bonds. The van der Waals surface area contributed by atoms with Crippen LogP contribution in [0.4, 0.5) is 4.39 Å². The van der Waals surface area contributed by atoms with Gasteiger partial charge in [-0.05, 0) is 41.9 Å². The third-order valence-corrected chi connectivity index (χ3v) is 2.25. The van der Waals surface area contributed by atoms with Crippen LogP contribution in [0.1, 0.15) is 24.2 Å². The Morgan fingerprint density at radius 1 is 1.53 bits per heavy atom. The SMILES string of the molecule is CC(C)Oc1c(Br)ccc(F)c1C(=O)O. The van der Waals surface area contributed by atoms with Crippen LogP contribution in [-0.2, 0) is 0 Å². The van der Waals surface area contributed by atoms with Crippen molar-refractivity contribution in [1.29, 1.82) is 0 Å². The first-order valence-electron chi connectivity index (χ1n) is 4.31. The van der Waals surface area contributed by atoms with E-state index in [9.17, 15) is 9.18 Å². The molecule has 0 saturated heterocycles. The molecule has 1 rings (SSSR count). The average Bonchev–Trinajstić information content (AvgIpc) is 2.10. The summed E-state index contributed by atoms with van der Waals surface area (Å²) in [6.45, 7) is 3.48. The molecule has 0 aliphatic carbocycles. The fourth-order valence-corrected chi connectivity index (χ4v) is 1.51. The zero-order valence-electron chi connectivity index (χ0n) is 8.25. The third kappa shape index (κ3) is 2.68. The molecule has 0 spiro atoms. The number of carboxylic acids is 1. The zero-order chi connectivity index (χ0) is 11.6. The molecule has 0 heterocycles. The summed E-state index contributed by atoms with van der Waals surface area (Å²) in [6.07, 6.45) is -0.221. The lowest BCUT2D eigenvalue weighted by molar-refractivity contribution is 0.0684. The van der Waals surface area contributed by atoms with Gasteiger partial charge in [-0.3, -0.25) is 0 Å². The van der Waals surface area contributed by atoms with Crippen LogP contribution in [0.2, 0.25) is 0 Å². The second kappa shape index (κ2) is 4.61. The predicted molar refractivity (Wildman–Crippen MR) is 56.8 cm³/mol. The Morgan fingerprint density at radius 3 is 2.60 bits per heavy atom. The molecular weight excluding hydrogens is 267 g/mol. The number of carboxylic acid groups (broad SMARTS) is 1. The van der Waals surface area contributed by atoms with Crippen molar-refractivity contribution in [3.8, 4) is 5.75 Å². The first-order chi connectivity index (χ1) is 6.93. The highest BCUT2D eigenvalue weighted by Crippen LogP contribution is 2.31. The van der Waals surface area contributed by atoms with E-state index in [2.05, 4.69) is 15.9 Å². The monoisotopic (exact) mass is 276 g/mol. The largest absolute Gasteiger partial charge is 0.489 e. The Labute approximate surface area is 95.0 Å². The minimum Gasteiger partial charge on any atom is -0.489 e. The van der Waals surface area contributed by atoms with Crippen molar-refractivity contribution in [2.45, 2.75) is 20.0 Å². The zero-order valence-corrected chi connectivity index (χ0v) is 9.84. The van der Waals surface area contributed by atoms with Crippen molar-refractivity contribution in [3.63, 3.8) is 0 Å². The van der Waals surface area contributed by atoms with Crippen LogP contribution in [-0.4, -0.2) is 17.2 Å². The summed E-state index contributed by atoms with van der Waals surface area (Å²) in [5, 5.41) is 8.84. The summed E-state index contributed by atoms with van der Waals surface area (Å²) in [7, 11) is 0. The van der Waals surface area contributed by atoms with Crippen LogP contribution in [0.15, 0.2) is 16.6 Å². The van der Waals surface area contributed by atoms with Crippen molar-refractivity contribution >= 4 is 21.9 Å². The van der Waals surface area contributed by atoms with Crippen LogP contribution < -0.4 is 4.74 Å². The molecule has 15 heavy (non-hydrogen) atoms. The Hall–Kier alpha value is -1.10. The van der Waals surface area contributed by atoms with Gasteiger partial charge in [0.2, 0.25) is 0 Å². The van der Waals surface area contributed by atoms with Crippen LogP contribution in [0.25, 0.3) is 0 Å². The summed E-state index contributed by atoms with van der Waals surface area (Å²) in [5.41, 5.74) is -0.446. The second-order valence-electron chi connectivity index (χ2n) is 3.21. The summed E-state index contributed by atoms with van der Waals surface area (Å²) in [4.78, 5) is 10.8. The quantitative estimate of drug-likeness (QED) is 0.923. The molecule has 0 saturated carbocycles. The van der Waals surface area contributed by atoms with Gasteiger partial charge in [0.1, 0.15) is 11.4 Å². The normalized spacial score (nSPS) is 10.5. The fraction of sp³-hybridized carbons (Fsp3) is 0.300. The summed E-state index contributed by atoms with van der Waals surface area (Å²) >= 11 is 3.12. The molecule has 0 radical (unpaired) electrons. The molecule has 0 unspecified atom stereocenters. The van der Waals surface area contributed by atoms with Crippen LogP contribution in [0, 0.1) is 5.82 Å². The van der Waals surface area contributed by atoms with Gasteiger partial charge in [0.25, 0.3) is 0 Å². The van der Waals surface area contributed by atoms with Gasteiger partial charge in [0.05, 0.1) is 10.6 Å². The first-order valence-corrected chi connectivity index (χ1v) is 5.10. The average molecular weight is 277 g/mol. The molecule has 0 aliphatic heterocycles. The van der Waals surface area contributed by atoms with Crippen molar-refractivity contribution < 1.29 is 19.0 Å². The lowest BCUT2D eigenvalue weighted by Gasteiger charge is -2.14. The number of benzene rings is 1. The Morgan fingerprint density at radius 2 is 2.13 bits per heavy atom. The van der Waals surface area contributed by atoms with Crippen molar-refractivity contribution in [2.24, 2.45) is 0 Å². The molecular formula is C10H10BrFO3. The molecule has 0 fully saturated rings. The van der Waals surface area contributed by atoms with Gasteiger partial charge in [-0.25, -0.2) is 9.18 Å². The number of rotatable bonds is 3. The highest BCUT2D eigenvalue weighted by molar-refractivity contribution is 9.10. The molecule has 5 heteroatoms. The molecule has 82 valence electrons. The van der Waals surface area contributed by atoms with E-state index in [0.29, 0.717) is 4.47 Å². The lowest BCUT2D eigenvalue weighted by Crippen LogP contribution is -2.12. The van der Waals surface area contributed by atoms with E-state index >= 15 is 0 Å². The van der Waals surface area contributed by atoms with Crippen molar-refractivity contribution in [2.75, 3.05) is 0 Å². The maximum atomic E-state index is 13.2. The Kier molecular flexibility index (Phi) is 3.68. The van der Waals surface area contributed by atoms with E-state index in [4.69, 9.17) is 9.84 Å². The summed E-state index contributed by atoms with van der Waals surface area (Å²) in [6, 6.07) is 2.50. The maximum Gasteiger partial charge on any atom is 0.342 e. The molecule has 0 aliphatic rings. The van der Waals surface area contributed by atoms with E-state index in [1.54, 1.807) is 13.8 Å². The lowest BCUT2D eigenvalue weighted by atomic mass is 10.2. The van der Waals surface area contributed by atoms with E-state index in [0.717, 1.165) is 6.07 Å². The number of halogens is 2. The third-order valence-electron chi connectivity index (χ3n) is 1.63.